The number of carbonyl (C=O) groups excluding carboxylic acids is 1. The molecule has 2 heterocycles. The zero-order chi connectivity index (χ0) is 16.0. The third-order valence-corrected chi connectivity index (χ3v) is 3.98. The second-order valence-corrected chi connectivity index (χ2v) is 5.19. The summed E-state index contributed by atoms with van der Waals surface area (Å²) in [5.74, 6) is 1.99. The molecule has 0 amide bonds. The summed E-state index contributed by atoms with van der Waals surface area (Å²) >= 11 is 0. The van der Waals surface area contributed by atoms with Crippen LogP contribution in [-0.4, -0.2) is 27.0 Å². The Bertz CT molecular complexity index is 798. The molecule has 6 nitrogen and oxygen atoms in total. The van der Waals surface area contributed by atoms with Crippen LogP contribution in [0.1, 0.15) is 27.6 Å². The predicted octanol–water partition coefficient (Wildman–Crippen LogP) is 2.69. The van der Waals surface area contributed by atoms with E-state index in [9.17, 15) is 4.79 Å². The molecule has 0 aromatic heterocycles. The van der Waals surface area contributed by atoms with Crippen LogP contribution in [0, 0.1) is 0 Å². The van der Waals surface area contributed by atoms with Crippen LogP contribution < -0.4 is 18.9 Å². The Labute approximate surface area is 132 Å². The zero-order valence-electron chi connectivity index (χ0n) is 12.6. The van der Waals surface area contributed by atoms with E-state index >= 15 is 0 Å². The van der Waals surface area contributed by atoms with Gasteiger partial charge in [0.1, 0.15) is 0 Å². The summed E-state index contributed by atoms with van der Waals surface area (Å²) in [7, 11) is 3.08. The molecule has 0 saturated carbocycles. The highest BCUT2D eigenvalue weighted by atomic mass is 16.7. The molecule has 1 atom stereocenters. The number of cyclic esters (lactones) is 1. The van der Waals surface area contributed by atoms with Gasteiger partial charge in [0, 0.05) is 11.1 Å². The van der Waals surface area contributed by atoms with Gasteiger partial charge in [0.15, 0.2) is 29.1 Å². The Morgan fingerprint density at radius 2 is 1.74 bits per heavy atom. The average molecular weight is 314 g/mol. The molecule has 2 aliphatic heterocycles. The summed E-state index contributed by atoms with van der Waals surface area (Å²) in [5.41, 5.74) is 2.03. The van der Waals surface area contributed by atoms with Crippen LogP contribution in [0.4, 0.5) is 0 Å². The van der Waals surface area contributed by atoms with Crippen molar-refractivity contribution in [2.45, 2.75) is 6.10 Å². The maximum atomic E-state index is 12.2. The van der Waals surface area contributed by atoms with E-state index < -0.39 is 6.10 Å². The van der Waals surface area contributed by atoms with Crippen molar-refractivity contribution in [2.24, 2.45) is 0 Å². The monoisotopic (exact) mass is 314 g/mol. The summed E-state index contributed by atoms with van der Waals surface area (Å²) in [5, 5.41) is 0. The minimum Gasteiger partial charge on any atom is -0.493 e. The van der Waals surface area contributed by atoms with Crippen molar-refractivity contribution in [1.29, 1.82) is 0 Å². The Morgan fingerprint density at radius 1 is 1.00 bits per heavy atom. The number of benzene rings is 2. The van der Waals surface area contributed by atoms with Gasteiger partial charge in [0.05, 0.1) is 19.8 Å². The van der Waals surface area contributed by atoms with Crippen LogP contribution in [0.5, 0.6) is 23.0 Å². The minimum atomic E-state index is -0.508. The smallest absolute Gasteiger partial charge is 0.339 e. The molecule has 2 aromatic carbocycles. The Hall–Kier alpha value is -2.89. The summed E-state index contributed by atoms with van der Waals surface area (Å²) in [6.45, 7) is 0.199. The van der Waals surface area contributed by atoms with Crippen LogP contribution >= 0.6 is 0 Å². The Kier molecular flexibility index (Phi) is 3.04. The van der Waals surface area contributed by atoms with E-state index in [2.05, 4.69) is 0 Å². The van der Waals surface area contributed by atoms with E-state index in [0.29, 0.717) is 28.6 Å². The van der Waals surface area contributed by atoms with Gasteiger partial charge in [-0.3, -0.25) is 0 Å². The third-order valence-electron chi connectivity index (χ3n) is 3.98. The highest BCUT2D eigenvalue weighted by Gasteiger charge is 2.34. The van der Waals surface area contributed by atoms with Crippen LogP contribution in [0.2, 0.25) is 0 Å². The lowest BCUT2D eigenvalue weighted by Crippen LogP contribution is -2.00. The summed E-state index contributed by atoms with van der Waals surface area (Å²) in [4.78, 5) is 12.2. The molecule has 0 saturated heterocycles. The number of esters is 1. The molecule has 4 rings (SSSR count). The van der Waals surface area contributed by atoms with E-state index in [-0.39, 0.29) is 12.8 Å². The lowest BCUT2D eigenvalue weighted by Gasteiger charge is -2.13. The highest BCUT2D eigenvalue weighted by Crippen LogP contribution is 2.44. The van der Waals surface area contributed by atoms with Crippen molar-refractivity contribution in [1.82, 2.24) is 0 Å². The average Bonchev–Trinajstić information content (AvgIpc) is 3.17. The van der Waals surface area contributed by atoms with Crippen LogP contribution in [0.15, 0.2) is 30.3 Å². The molecule has 0 N–H and O–H groups in total. The van der Waals surface area contributed by atoms with Crippen molar-refractivity contribution in [2.75, 3.05) is 21.0 Å². The van der Waals surface area contributed by atoms with Gasteiger partial charge >= 0.3 is 5.97 Å². The van der Waals surface area contributed by atoms with Gasteiger partial charge in [-0.1, -0.05) is 6.07 Å². The molecule has 0 bridgehead atoms. The first kappa shape index (κ1) is 13.8. The molecule has 0 radical (unpaired) electrons. The number of ether oxygens (including phenoxy) is 5. The number of carbonyl (C=O) groups is 1. The third kappa shape index (κ3) is 2.06. The second-order valence-electron chi connectivity index (χ2n) is 5.19. The maximum absolute atomic E-state index is 12.2. The topological polar surface area (TPSA) is 63.2 Å². The molecule has 118 valence electrons. The molecule has 6 heteroatoms. The van der Waals surface area contributed by atoms with Crippen molar-refractivity contribution in [3.05, 3.63) is 47.0 Å². The predicted molar refractivity (Wildman–Crippen MR) is 79.4 cm³/mol. The molecule has 1 unspecified atom stereocenters. The fraction of sp³-hybridized carbons (Fsp3) is 0.235. The van der Waals surface area contributed by atoms with Crippen LogP contribution in [0.3, 0.4) is 0 Å². The number of methoxy groups -OCH3 is 2. The number of rotatable bonds is 3. The van der Waals surface area contributed by atoms with Crippen LogP contribution in [0.25, 0.3) is 0 Å². The molecule has 0 spiro atoms. The van der Waals surface area contributed by atoms with Gasteiger partial charge in [-0.25, -0.2) is 4.79 Å². The maximum Gasteiger partial charge on any atom is 0.339 e. The van der Waals surface area contributed by atoms with Crippen molar-refractivity contribution < 1.29 is 28.5 Å². The van der Waals surface area contributed by atoms with Crippen molar-refractivity contribution >= 4 is 5.97 Å². The van der Waals surface area contributed by atoms with E-state index in [0.717, 1.165) is 11.1 Å². The standard InChI is InChI=1S/C17H14O6/c1-19-13-6-10-11(7-14(13)20-2)17(18)23-16(10)9-3-4-12-15(5-9)22-8-21-12/h3-7,16H,8H2,1-2H3. The van der Waals surface area contributed by atoms with Gasteiger partial charge in [0.25, 0.3) is 0 Å². The first-order valence-corrected chi connectivity index (χ1v) is 7.07. The summed E-state index contributed by atoms with van der Waals surface area (Å²) < 4.78 is 26.8. The molecule has 0 aliphatic carbocycles. The highest BCUT2D eigenvalue weighted by molar-refractivity contribution is 5.95. The number of hydrogen-bond donors (Lipinski definition) is 0. The van der Waals surface area contributed by atoms with E-state index in [1.54, 1.807) is 19.2 Å². The summed E-state index contributed by atoms with van der Waals surface area (Å²) in [6, 6.07) is 8.91. The fourth-order valence-electron chi connectivity index (χ4n) is 2.85. The lowest BCUT2D eigenvalue weighted by atomic mass is 9.98. The van der Waals surface area contributed by atoms with Gasteiger partial charge in [0.2, 0.25) is 6.79 Å². The first-order chi connectivity index (χ1) is 11.2. The van der Waals surface area contributed by atoms with Gasteiger partial charge in [-0.05, 0) is 24.3 Å². The molecule has 23 heavy (non-hydrogen) atoms. The first-order valence-electron chi connectivity index (χ1n) is 7.07. The molecule has 0 fully saturated rings. The van der Waals surface area contributed by atoms with Crippen LogP contribution in [-0.2, 0) is 4.74 Å². The SMILES string of the molecule is COc1cc2c(cc1OC)C(c1ccc3c(c1)OCO3)OC2=O. The molecule has 2 aliphatic rings. The second kappa shape index (κ2) is 5.08. The zero-order valence-corrected chi connectivity index (χ0v) is 12.6. The van der Waals surface area contributed by atoms with Crippen molar-refractivity contribution in [3.63, 3.8) is 0 Å². The largest absolute Gasteiger partial charge is 0.493 e. The quantitative estimate of drug-likeness (QED) is 0.812. The van der Waals surface area contributed by atoms with Gasteiger partial charge in [-0.2, -0.15) is 0 Å². The summed E-state index contributed by atoms with van der Waals surface area (Å²) in [6.07, 6.45) is -0.508. The van der Waals surface area contributed by atoms with Gasteiger partial charge < -0.3 is 23.7 Å². The normalized spacial score (nSPS) is 17.7. The minimum absolute atomic E-state index is 0.199. The number of fused-ring (bicyclic) bond motifs is 2. The van der Waals surface area contributed by atoms with Crippen molar-refractivity contribution in [3.8, 4) is 23.0 Å². The van der Waals surface area contributed by atoms with E-state index in [4.69, 9.17) is 23.7 Å². The lowest BCUT2D eigenvalue weighted by molar-refractivity contribution is 0.0455. The number of hydrogen-bond acceptors (Lipinski definition) is 6. The van der Waals surface area contributed by atoms with Gasteiger partial charge in [-0.15, -0.1) is 0 Å². The molecular weight excluding hydrogens is 300 g/mol. The Balaban J connectivity index is 1.80. The molecule has 2 aromatic rings. The Morgan fingerprint density at radius 3 is 2.52 bits per heavy atom. The van der Waals surface area contributed by atoms with E-state index in [1.165, 1.54) is 7.11 Å². The van der Waals surface area contributed by atoms with E-state index in [1.807, 2.05) is 18.2 Å². The fourth-order valence-corrected chi connectivity index (χ4v) is 2.85. The molecular formula is C17H14O6.